The van der Waals surface area contributed by atoms with Crippen LogP contribution in [-0.4, -0.2) is 11.0 Å². The Morgan fingerprint density at radius 3 is 2.50 bits per heavy atom. The van der Waals surface area contributed by atoms with Crippen LogP contribution in [0.25, 0.3) is 0 Å². The van der Waals surface area contributed by atoms with Crippen LogP contribution in [0.1, 0.15) is 37.6 Å². The van der Waals surface area contributed by atoms with Gasteiger partial charge in [-0.3, -0.25) is 9.78 Å². The number of carbonyl (C=O) groups excluding carboxylic acids is 1. The van der Waals surface area contributed by atoms with Crippen LogP contribution in [0.2, 0.25) is 0 Å². The summed E-state index contributed by atoms with van der Waals surface area (Å²) < 4.78 is 5.10. The monoisotopic (exact) mass is 269 g/mol. The molecule has 2 aromatic rings. The van der Waals surface area contributed by atoms with Crippen LogP contribution in [0.5, 0.6) is 0 Å². The molecule has 0 spiro atoms. The van der Waals surface area contributed by atoms with Crippen LogP contribution < -0.4 is 0 Å². The van der Waals surface area contributed by atoms with Crippen molar-refractivity contribution in [3.8, 4) is 0 Å². The highest BCUT2D eigenvalue weighted by molar-refractivity contribution is 5.65. The Morgan fingerprint density at radius 2 is 1.85 bits per heavy atom. The van der Waals surface area contributed by atoms with Gasteiger partial charge in [-0.2, -0.15) is 0 Å². The summed E-state index contributed by atoms with van der Waals surface area (Å²) in [4.78, 5) is 15.4. The predicted molar refractivity (Wildman–Crippen MR) is 78.3 cm³/mol. The van der Waals surface area contributed by atoms with E-state index in [9.17, 15) is 4.79 Å². The summed E-state index contributed by atoms with van der Waals surface area (Å²) in [5.74, 6) is -0.292. The summed E-state index contributed by atoms with van der Waals surface area (Å²) in [6, 6.07) is 14.2. The van der Waals surface area contributed by atoms with Crippen molar-refractivity contribution in [2.45, 2.75) is 32.8 Å². The number of pyridine rings is 1. The van der Waals surface area contributed by atoms with Crippen molar-refractivity contribution in [1.29, 1.82) is 0 Å². The second-order valence-electron chi connectivity index (χ2n) is 5.27. The van der Waals surface area contributed by atoms with Gasteiger partial charge in [0.1, 0.15) is 6.61 Å². The van der Waals surface area contributed by atoms with E-state index in [-0.39, 0.29) is 18.0 Å². The zero-order chi connectivity index (χ0) is 14.6. The average Bonchev–Trinajstić information content (AvgIpc) is 2.46. The maximum absolute atomic E-state index is 11.0. The molecule has 0 saturated heterocycles. The zero-order valence-corrected chi connectivity index (χ0v) is 12.1. The number of esters is 1. The number of hydrogen-bond acceptors (Lipinski definition) is 3. The fraction of sp³-hybridized carbons (Fsp3) is 0.294. The van der Waals surface area contributed by atoms with Gasteiger partial charge in [0.25, 0.3) is 0 Å². The number of hydrogen-bond donors (Lipinski definition) is 0. The Bertz CT molecular complexity index is 591. The van der Waals surface area contributed by atoms with Crippen molar-refractivity contribution in [2.24, 2.45) is 0 Å². The van der Waals surface area contributed by atoms with Gasteiger partial charge in [0, 0.05) is 18.5 Å². The third kappa shape index (κ3) is 3.05. The van der Waals surface area contributed by atoms with E-state index in [0.717, 1.165) is 11.3 Å². The van der Waals surface area contributed by atoms with Gasteiger partial charge in [-0.1, -0.05) is 50.2 Å². The largest absolute Gasteiger partial charge is 0.459 e. The van der Waals surface area contributed by atoms with Gasteiger partial charge in [0.2, 0.25) is 0 Å². The molecule has 0 aliphatic rings. The van der Waals surface area contributed by atoms with E-state index in [1.54, 1.807) is 6.20 Å². The number of aromatic nitrogens is 1. The minimum Gasteiger partial charge on any atom is -0.459 e. The first-order valence-corrected chi connectivity index (χ1v) is 6.65. The molecule has 0 aliphatic carbocycles. The van der Waals surface area contributed by atoms with E-state index in [2.05, 4.69) is 31.0 Å². The van der Waals surface area contributed by atoms with Crippen LogP contribution in [0, 0.1) is 0 Å². The lowest BCUT2D eigenvalue weighted by atomic mass is 9.77. The van der Waals surface area contributed by atoms with Crippen molar-refractivity contribution in [3.63, 3.8) is 0 Å². The van der Waals surface area contributed by atoms with E-state index in [4.69, 9.17) is 4.74 Å². The third-order valence-corrected chi connectivity index (χ3v) is 3.47. The molecule has 1 aromatic heterocycles. The molecule has 2 rings (SSSR count). The molecule has 0 fully saturated rings. The molecule has 3 heteroatoms. The standard InChI is InChI=1S/C17H19NO2/c1-13(19)20-12-16-15(10-7-11-18-16)17(2,3)14-8-5-4-6-9-14/h4-11H,12H2,1-3H3. The highest BCUT2D eigenvalue weighted by Gasteiger charge is 2.26. The van der Waals surface area contributed by atoms with E-state index in [0.29, 0.717) is 0 Å². The fourth-order valence-electron chi connectivity index (χ4n) is 2.30. The summed E-state index contributed by atoms with van der Waals surface area (Å²) in [5.41, 5.74) is 2.89. The Balaban J connectivity index is 2.39. The van der Waals surface area contributed by atoms with Crippen molar-refractivity contribution < 1.29 is 9.53 Å². The van der Waals surface area contributed by atoms with Crippen molar-refractivity contribution in [2.75, 3.05) is 0 Å². The van der Waals surface area contributed by atoms with E-state index < -0.39 is 0 Å². The quantitative estimate of drug-likeness (QED) is 0.798. The number of rotatable bonds is 4. The van der Waals surface area contributed by atoms with Crippen LogP contribution in [-0.2, 0) is 21.6 Å². The van der Waals surface area contributed by atoms with Gasteiger partial charge >= 0.3 is 5.97 Å². The smallest absolute Gasteiger partial charge is 0.303 e. The van der Waals surface area contributed by atoms with Gasteiger partial charge in [-0.15, -0.1) is 0 Å². The lowest BCUT2D eigenvalue weighted by molar-refractivity contribution is -0.142. The van der Waals surface area contributed by atoms with Crippen molar-refractivity contribution in [3.05, 3.63) is 65.5 Å². The minimum atomic E-state index is -0.292. The van der Waals surface area contributed by atoms with Gasteiger partial charge in [-0.25, -0.2) is 0 Å². The Morgan fingerprint density at radius 1 is 1.15 bits per heavy atom. The van der Waals surface area contributed by atoms with E-state index in [1.165, 1.54) is 12.5 Å². The second-order valence-corrected chi connectivity index (χ2v) is 5.27. The normalized spacial score (nSPS) is 11.2. The Hall–Kier alpha value is -2.16. The molecule has 0 bridgehead atoms. The van der Waals surface area contributed by atoms with Crippen LogP contribution in [0.4, 0.5) is 0 Å². The molecule has 1 heterocycles. The molecule has 1 aromatic carbocycles. The zero-order valence-electron chi connectivity index (χ0n) is 12.1. The highest BCUT2D eigenvalue weighted by Crippen LogP contribution is 2.32. The first kappa shape index (κ1) is 14.3. The van der Waals surface area contributed by atoms with Crippen molar-refractivity contribution in [1.82, 2.24) is 4.98 Å². The number of ether oxygens (including phenoxy) is 1. The van der Waals surface area contributed by atoms with Gasteiger partial charge in [-0.05, 0) is 17.2 Å². The maximum Gasteiger partial charge on any atom is 0.303 e. The van der Waals surface area contributed by atoms with E-state index >= 15 is 0 Å². The summed E-state index contributed by atoms with van der Waals surface area (Å²) in [6.07, 6.45) is 1.73. The maximum atomic E-state index is 11.0. The molecular weight excluding hydrogens is 250 g/mol. The predicted octanol–water partition coefficient (Wildman–Crippen LogP) is 3.47. The second kappa shape index (κ2) is 5.87. The highest BCUT2D eigenvalue weighted by atomic mass is 16.5. The van der Waals surface area contributed by atoms with Crippen molar-refractivity contribution >= 4 is 5.97 Å². The van der Waals surface area contributed by atoms with Gasteiger partial charge in [0.05, 0.1) is 5.69 Å². The Labute approximate surface area is 119 Å². The Kier molecular flexibility index (Phi) is 4.18. The van der Waals surface area contributed by atoms with Gasteiger partial charge in [0.15, 0.2) is 0 Å². The first-order chi connectivity index (χ1) is 9.51. The topological polar surface area (TPSA) is 39.2 Å². The molecule has 0 unspecified atom stereocenters. The lowest BCUT2D eigenvalue weighted by Crippen LogP contribution is -2.22. The molecular formula is C17H19NO2. The lowest BCUT2D eigenvalue weighted by Gasteiger charge is -2.27. The summed E-state index contributed by atoms with van der Waals surface area (Å²) in [6.45, 7) is 5.92. The van der Waals surface area contributed by atoms with Crippen LogP contribution >= 0.6 is 0 Å². The summed E-state index contributed by atoms with van der Waals surface area (Å²) >= 11 is 0. The molecule has 0 radical (unpaired) electrons. The fourth-order valence-corrected chi connectivity index (χ4v) is 2.30. The molecule has 0 aliphatic heterocycles. The SMILES string of the molecule is CC(=O)OCc1ncccc1C(C)(C)c1ccccc1. The first-order valence-electron chi connectivity index (χ1n) is 6.65. The van der Waals surface area contributed by atoms with Crippen LogP contribution in [0.3, 0.4) is 0 Å². The summed E-state index contributed by atoms with van der Waals surface area (Å²) in [7, 11) is 0. The molecule has 104 valence electrons. The molecule has 0 N–H and O–H groups in total. The molecule has 0 atom stereocenters. The summed E-state index contributed by atoms with van der Waals surface area (Å²) in [5, 5.41) is 0. The van der Waals surface area contributed by atoms with Gasteiger partial charge < -0.3 is 4.74 Å². The minimum absolute atomic E-state index is 0.189. The molecule has 0 saturated carbocycles. The molecule has 3 nitrogen and oxygen atoms in total. The number of carbonyl (C=O) groups is 1. The number of nitrogens with zero attached hydrogens (tertiary/aromatic N) is 1. The van der Waals surface area contributed by atoms with E-state index in [1.807, 2.05) is 30.3 Å². The average molecular weight is 269 g/mol. The number of benzene rings is 1. The third-order valence-electron chi connectivity index (χ3n) is 3.47. The molecule has 20 heavy (non-hydrogen) atoms. The molecule has 0 amide bonds. The van der Waals surface area contributed by atoms with Crippen LogP contribution in [0.15, 0.2) is 48.7 Å².